The van der Waals surface area contributed by atoms with Gasteiger partial charge in [-0.2, -0.15) is 0 Å². The third kappa shape index (κ3) is 3.25. The van der Waals surface area contributed by atoms with Gasteiger partial charge in [0.1, 0.15) is 0 Å². The molecule has 0 atom stereocenters. The maximum absolute atomic E-state index is 8.98. The molecule has 0 amide bonds. The molecular formula is C12H25NO. The molecule has 14 heavy (non-hydrogen) atoms. The third-order valence-electron chi connectivity index (χ3n) is 3.76. The summed E-state index contributed by atoms with van der Waals surface area (Å²) in [5, 5.41) is 8.98. The first-order chi connectivity index (χ1) is 6.56. The molecule has 0 aromatic carbocycles. The molecule has 1 aliphatic rings. The van der Waals surface area contributed by atoms with Crippen LogP contribution in [0.1, 0.15) is 46.0 Å². The molecule has 0 bridgehead atoms. The molecule has 0 spiro atoms. The first-order valence-corrected chi connectivity index (χ1v) is 5.88. The minimum atomic E-state index is 0.150. The summed E-state index contributed by atoms with van der Waals surface area (Å²) in [5.74, 6) is 0.901. The molecule has 1 fully saturated rings. The van der Waals surface area contributed by atoms with Crippen LogP contribution in [0, 0.1) is 5.92 Å². The highest BCUT2D eigenvalue weighted by atomic mass is 16.3. The van der Waals surface area contributed by atoms with Gasteiger partial charge in [0.05, 0.1) is 0 Å². The summed E-state index contributed by atoms with van der Waals surface area (Å²) in [5.41, 5.74) is 0.150. The van der Waals surface area contributed by atoms with Gasteiger partial charge in [-0.3, -0.25) is 0 Å². The fourth-order valence-electron chi connectivity index (χ4n) is 2.29. The van der Waals surface area contributed by atoms with Gasteiger partial charge in [-0.1, -0.05) is 12.8 Å². The molecule has 0 aromatic heterocycles. The lowest BCUT2D eigenvalue weighted by Gasteiger charge is -2.37. The third-order valence-corrected chi connectivity index (χ3v) is 3.76. The zero-order valence-electron chi connectivity index (χ0n) is 9.92. The normalized spacial score (nSPS) is 19.5. The van der Waals surface area contributed by atoms with E-state index in [-0.39, 0.29) is 5.54 Å². The summed E-state index contributed by atoms with van der Waals surface area (Å²) < 4.78 is 0. The molecule has 2 nitrogen and oxygen atoms in total. The van der Waals surface area contributed by atoms with Crippen LogP contribution in [-0.4, -0.2) is 35.7 Å². The Labute approximate surface area is 88.3 Å². The summed E-state index contributed by atoms with van der Waals surface area (Å²) in [6, 6.07) is 0. The second-order valence-corrected chi connectivity index (χ2v) is 5.32. The monoisotopic (exact) mass is 199 g/mol. The van der Waals surface area contributed by atoms with E-state index in [9.17, 15) is 0 Å². The van der Waals surface area contributed by atoms with Crippen molar-refractivity contribution in [2.24, 2.45) is 5.92 Å². The topological polar surface area (TPSA) is 23.5 Å². The number of hydrogen-bond acceptors (Lipinski definition) is 2. The van der Waals surface area contributed by atoms with Crippen molar-refractivity contribution < 1.29 is 5.11 Å². The van der Waals surface area contributed by atoms with Crippen LogP contribution < -0.4 is 0 Å². The first-order valence-electron chi connectivity index (χ1n) is 5.88. The van der Waals surface area contributed by atoms with E-state index in [1.807, 2.05) is 0 Å². The Bertz CT molecular complexity index is 162. The van der Waals surface area contributed by atoms with Crippen LogP contribution >= 0.6 is 0 Å². The molecule has 0 aliphatic heterocycles. The van der Waals surface area contributed by atoms with Gasteiger partial charge >= 0.3 is 0 Å². The van der Waals surface area contributed by atoms with Crippen molar-refractivity contribution in [1.29, 1.82) is 0 Å². The molecule has 0 saturated heterocycles. The van der Waals surface area contributed by atoms with Crippen LogP contribution in [0.2, 0.25) is 0 Å². The van der Waals surface area contributed by atoms with Gasteiger partial charge in [0.2, 0.25) is 0 Å². The summed E-state index contributed by atoms with van der Waals surface area (Å²) >= 11 is 0. The molecular weight excluding hydrogens is 174 g/mol. The Morgan fingerprint density at radius 2 is 1.86 bits per heavy atom. The van der Waals surface area contributed by atoms with Gasteiger partial charge in [-0.25, -0.2) is 0 Å². The largest absolute Gasteiger partial charge is 0.396 e. The SMILES string of the molecule is CN(CC1CCCC1)C(C)(C)CCO. The maximum Gasteiger partial charge on any atom is 0.0448 e. The van der Waals surface area contributed by atoms with E-state index in [2.05, 4.69) is 25.8 Å². The minimum Gasteiger partial charge on any atom is -0.396 e. The van der Waals surface area contributed by atoms with Crippen LogP contribution in [0.3, 0.4) is 0 Å². The molecule has 0 aromatic rings. The van der Waals surface area contributed by atoms with Crippen molar-refractivity contribution in [2.75, 3.05) is 20.2 Å². The van der Waals surface area contributed by atoms with Crippen molar-refractivity contribution in [2.45, 2.75) is 51.5 Å². The Hall–Kier alpha value is -0.0800. The smallest absolute Gasteiger partial charge is 0.0448 e. The number of aliphatic hydroxyl groups is 1. The molecule has 1 rings (SSSR count). The average Bonchev–Trinajstić information content (AvgIpc) is 2.56. The Kier molecular flexibility index (Phi) is 4.39. The molecule has 1 saturated carbocycles. The fraction of sp³-hybridized carbons (Fsp3) is 1.00. The lowest BCUT2D eigenvalue weighted by atomic mass is 9.97. The minimum absolute atomic E-state index is 0.150. The summed E-state index contributed by atoms with van der Waals surface area (Å²) in [6.45, 7) is 5.94. The highest BCUT2D eigenvalue weighted by Crippen LogP contribution is 2.27. The summed E-state index contributed by atoms with van der Waals surface area (Å²) in [4.78, 5) is 2.42. The summed E-state index contributed by atoms with van der Waals surface area (Å²) in [7, 11) is 2.19. The van der Waals surface area contributed by atoms with Gasteiger partial charge in [0, 0.05) is 18.7 Å². The molecule has 1 N–H and O–H groups in total. The van der Waals surface area contributed by atoms with E-state index in [0.717, 1.165) is 12.3 Å². The first kappa shape index (κ1) is 12.0. The van der Waals surface area contributed by atoms with Crippen LogP contribution in [0.15, 0.2) is 0 Å². The lowest BCUT2D eigenvalue weighted by molar-refractivity contribution is 0.100. The van der Waals surface area contributed by atoms with E-state index in [4.69, 9.17) is 5.11 Å². The standard InChI is InChI=1S/C12H25NO/c1-12(2,8-9-14)13(3)10-11-6-4-5-7-11/h11,14H,4-10H2,1-3H3. The number of aliphatic hydroxyl groups excluding tert-OH is 1. The maximum atomic E-state index is 8.98. The van der Waals surface area contributed by atoms with Gasteiger partial charge in [0.25, 0.3) is 0 Å². The van der Waals surface area contributed by atoms with E-state index < -0.39 is 0 Å². The Balaban J connectivity index is 2.35. The predicted octanol–water partition coefficient (Wildman–Crippen LogP) is 2.27. The van der Waals surface area contributed by atoms with E-state index in [1.54, 1.807) is 0 Å². The second kappa shape index (κ2) is 5.13. The van der Waals surface area contributed by atoms with Gasteiger partial charge in [0.15, 0.2) is 0 Å². The van der Waals surface area contributed by atoms with Crippen molar-refractivity contribution in [1.82, 2.24) is 4.90 Å². The van der Waals surface area contributed by atoms with Crippen LogP contribution in [-0.2, 0) is 0 Å². The molecule has 0 heterocycles. The van der Waals surface area contributed by atoms with Crippen molar-refractivity contribution in [3.63, 3.8) is 0 Å². The molecule has 2 heteroatoms. The van der Waals surface area contributed by atoms with Gasteiger partial charge < -0.3 is 10.0 Å². The zero-order chi connectivity index (χ0) is 10.6. The van der Waals surface area contributed by atoms with E-state index in [1.165, 1.54) is 32.2 Å². The summed E-state index contributed by atoms with van der Waals surface area (Å²) in [6.07, 6.45) is 6.51. The Morgan fingerprint density at radius 1 is 1.29 bits per heavy atom. The number of nitrogens with zero attached hydrogens (tertiary/aromatic N) is 1. The number of rotatable bonds is 5. The Morgan fingerprint density at radius 3 is 2.36 bits per heavy atom. The molecule has 0 radical (unpaired) electrons. The quantitative estimate of drug-likeness (QED) is 0.734. The number of hydrogen-bond donors (Lipinski definition) is 1. The molecule has 1 aliphatic carbocycles. The van der Waals surface area contributed by atoms with Crippen molar-refractivity contribution >= 4 is 0 Å². The highest BCUT2D eigenvalue weighted by Gasteiger charge is 2.26. The van der Waals surface area contributed by atoms with Gasteiger partial charge in [-0.05, 0) is 46.1 Å². The van der Waals surface area contributed by atoms with Crippen molar-refractivity contribution in [3.8, 4) is 0 Å². The average molecular weight is 199 g/mol. The van der Waals surface area contributed by atoms with E-state index >= 15 is 0 Å². The second-order valence-electron chi connectivity index (χ2n) is 5.32. The van der Waals surface area contributed by atoms with E-state index in [0.29, 0.717) is 6.61 Å². The fourth-order valence-corrected chi connectivity index (χ4v) is 2.29. The zero-order valence-corrected chi connectivity index (χ0v) is 9.92. The predicted molar refractivity (Wildman–Crippen MR) is 60.4 cm³/mol. The highest BCUT2D eigenvalue weighted by molar-refractivity contribution is 4.81. The molecule has 0 unspecified atom stereocenters. The lowest BCUT2D eigenvalue weighted by Crippen LogP contribution is -2.43. The van der Waals surface area contributed by atoms with Crippen LogP contribution in [0.5, 0.6) is 0 Å². The van der Waals surface area contributed by atoms with Gasteiger partial charge in [-0.15, -0.1) is 0 Å². The molecule has 84 valence electrons. The van der Waals surface area contributed by atoms with Crippen LogP contribution in [0.4, 0.5) is 0 Å². The van der Waals surface area contributed by atoms with Crippen LogP contribution in [0.25, 0.3) is 0 Å². The van der Waals surface area contributed by atoms with Crippen molar-refractivity contribution in [3.05, 3.63) is 0 Å².